The third-order valence-electron chi connectivity index (χ3n) is 3.66. The van der Waals surface area contributed by atoms with Gasteiger partial charge in [0.25, 0.3) is 0 Å². The summed E-state index contributed by atoms with van der Waals surface area (Å²) in [5.41, 5.74) is 9.72. The van der Waals surface area contributed by atoms with Crippen molar-refractivity contribution in [2.45, 2.75) is 25.5 Å². The van der Waals surface area contributed by atoms with Gasteiger partial charge in [-0.1, -0.05) is 36.4 Å². The van der Waals surface area contributed by atoms with E-state index in [4.69, 9.17) is 15.2 Å². The first-order valence-corrected chi connectivity index (χ1v) is 6.96. The highest BCUT2D eigenvalue weighted by Crippen LogP contribution is 2.31. The first-order chi connectivity index (χ1) is 9.83. The largest absolute Gasteiger partial charge is 0.468 e. The van der Waals surface area contributed by atoms with Gasteiger partial charge in [0, 0.05) is 6.04 Å². The van der Waals surface area contributed by atoms with Crippen LogP contribution in [0.3, 0.4) is 0 Å². The van der Waals surface area contributed by atoms with Crippen LogP contribution in [0.1, 0.15) is 29.2 Å². The Hall–Kier alpha value is -1.84. The molecular formula is C17H19NO2. The predicted octanol–water partition coefficient (Wildman–Crippen LogP) is 3.19. The standard InChI is InChI=1S/C17H19NO2/c18-17-9-6-14-10-15(7-8-16(14)17)20-12-19-11-13-4-2-1-3-5-13/h1-5,7-8,10,17H,6,9,11-12,18H2/t17-/m0/s1. The van der Waals surface area contributed by atoms with Gasteiger partial charge in [-0.2, -0.15) is 0 Å². The van der Waals surface area contributed by atoms with Gasteiger partial charge in [-0.3, -0.25) is 0 Å². The maximum absolute atomic E-state index is 6.02. The zero-order chi connectivity index (χ0) is 13.8. The summed E-state index contributed by atoms with van der Waals surface area (Å²) in [7, 11) is 0. The molecule has 1 aliphatic carbocycles. The van der Waals surface area contributed by atoms with Gasteiger partial charge in [-0.15, -0.1) is 0 Å². The monoisotopic (exact) mass is 269 g/mol. The molecule has 0 radical (unpaired) electrons. The van der Waals surface area contributed by atoms with Crippen molar-refractivity contribution in [3.05, 3.63) is 65.2 Å². The fourth-order valence-electron chi connectivity index (χ4n) is 2.56. The fourth-order valence-corrected chi connectivity index (χ4v) is 2.56. The smallest absolute Gasteiger partial charge is 0.189 e. The maximum Gasteiger partial charge on any atom is 0.189 e. The van der Waals surface area contributed by atoms with E-state index in [-0.39, 0.29) is 12.8 Å². The zero-order valence-corrected chi connectivity index (χ0v) is 11.4. The molecule has 1 atom stereocenters. The minimum Gasteiger partial charge on any atom is -0.468 e. The minimum absolute atomic E-state index is 0.188. The van der Waals surface area contributed by atoms with Gasteiger partial charge >= 0.3 is 0 Å². The number of rotatable bonds is 5. The van der Waals surface area contributed by atoms with Crippen LogP contribution in [-0.2, 0) is 17.8 Å². The molecule has 20 heavy (non-hydrogen) atoms. The molecule has 0 unspecified atom stereocenters. The van der Waals surface area contributed by atoms with Gasteiger partial charge in [0.15, 0.2) is 6.79 Å². The van der Waals surface area contributed by atoms with E-state index in [1.807, 2.05) is 36.4 Å². The normalized spacial score (nSPS) is 16.9. The van der Waals surface area contributed by atoms with E-state index in [0.29, 0.717) is 6.61 Å². The molecule has 2 aromatic carbocycles. The molecular weight excluding hydrogens is 250 g/mol. The molecule has 2 N–H and O–H groups in total. The van der Waals surface area contributed by atoms with Crippen molar-refractivity contribution >= 4 is 0 Å². The second kappa shape index (κ2) is 6.07. The number of hydrogen-bond acceptors (Lipinski definition) is 3. The molecule has 0 amide bonds. The lowest BCUT2D eigenvalue weighted by Gasteiger charge is -2.10. The van der Waals surface area contributed by atoms with E-state index in [2.05, 4.69) is 12.1 Å². The third-order valence-corrected chi connectivity index (χ3v) is 3.66. The Labute approximate surface area is 119 Å². The van der Waals surface area contributed by atoms with Gasteiger partial charge < -0.3 is 15.2 Å². The third kappa shape index (κ3) is 3.00. The fraction of sp³-hybridized carbons (Fsp3) is 0.294. The van der Waals surface area contributed by atoms with E-state index >= 15 is 0 Å². The number of aryl methyl sites for hydroxylation is 1. The quantitative estimate of drug-likeness (QED) is 0.669. The molecule has 0 saturated carbocycles. The summed E-state index contributed by atoms with van der Waals surface area (Å²) in [6.45, 7) is 0.830. The molecule has 3 heteroatoms. The van der Waals surface area contributed by atoms with Crippen LogP contribution < -0.4 is 10.5 Å². The summed E-state index contributed by atoms with van der Waals surface area (Å²) in [6, 6.07) is 16.4. The van der Waals surface area contributed by atoms with Crippen molar-refractivity contribution in [2.24, 2.45) is 5.73 Å². The van der Waals surface area contributed by atoms with E-state index < -0.39 is 0 Å². The summed E-state index contributed by atoms with van der Waals surface area (Å²) in [4.78, 5) is 0. The van der Waals surface area contributed by atoms with E-state index in [0.717, 1.165) is 24.2 Å². The first-order valence-electron chi connectivity index (χ1n) is 6.96. The van der Waals surface area contributed by atoms with Crippen molar-refractivity contribution < 1.29 is 9.47 Å². The van der Waals surface area contributed by atoms with Crippen LogP contribution in [0.25, 0.3) is 0 Å². The van der Waals surface area contributed by atoms with Crippen LogP contribution in [-0.4, -0.2) is 6.79 Å². The topological polar surface area (TPSA) is 44.5 Å². The number of benzene rings is 2. The van der Waals surface area contributed by atoms with Gasteiger partial charge in [0.1, 0.15) is 5.75 Å². The molecule has 0 saturated heterocycles. The summed E-state index contributed by atoms with van der Waals surface area (Å²) >= 11 is 0. The molecule has 1 aliphatic rings. The molecule has 0 fully saturated rings. The van der Waals surface area contributed by atoms with Crippen molar-refractivity contribution in [2.75, 3.05) is 6.79 Å². The molecule has 2 aromatic rings. The summed E-state index contributed by atoms with van der Waals surface area (Å²) in [5, 5.41) is 0. The molecule has 0 heterocycles. The van der Waals surface area contributed by atoms with E-state index in [1.165, 1.54) is 11.1 Å². The molecule has 0 aromatic heterocycles. The number of ether oxygens (including phenoxy) is 2. The molecule has 3 nitrogen and oxygen atoms in total. The Balaban J connectivity index is 1.50. The molecule has 0 spiro atoms. The Kier molecular flexibility index (Phi) is 4.00. The van der Waals surface area contributed by atoms with Gasteiger partial charge in [-0.05, 0) is 41.7 Å². The average molecular weight is 269 g/mol. The number of fused-ring (bicyclic) bond motifs is 1. The Morgan fingerprint density at radius 1 is 1.10 bits per heavy atom. The number of hydrogen-bond donors (Lipinski definition) is 1. The van der Waals surface area contributed by atoms with Crippen LogP contribution in [0.4, 0.5) is 0 Å². The van der Waals surface area contributed by atoms with E-state index in [9.17, 15) is 0 Å². The van der Waals surface area contributed by atoms with Crippen molar-refractivity contribution in [3.63, 3.8) is 0 Å². The Morgan fingerprint density at radius 3 is 2.80 bits per heavy atom. The Bertz CT molecular complexity index is 568. The summed E-state index contributed by atoms with van der Waals surface area (Å²) < 4.78 is 11.1. The lowest BCUT2D eigenvalue weighted by atomic mass is 10.1. The second-order valence-electron chi connectivity index (χ2n) is 5.10. The first kappa shape index (κ1) is 13.2. The van der Waals surface area contributed by atoms with Crippen molar-refractivity contribution in [1.82, 2.24) is 0 Å². The average Bonchev–Trinajstić information content (AvgIpc) is 2.86. The molecule has 3 rings (SSSR count). The van der Waals surface area contributed by atoms with Crippen LogP contribution >= 0.6 is 0 Å². The minimum atomic E-state index is 0.188. The van der Waals surface area contributed by atoms with E-state index in [1.54, 1.807) is 0 Å². The van der Waals surface area contributed by atoms with Gasteiger partial charge in [0.05, 0.1) is 6.61 Å². The van der Waals surface area contributed by atoms with Gasteiger partial charge in [0.2, 0.25) is 0 Å². The van der Waals surface area contributed by atoms with Crippen molar-refractivity contribution in [1.29, 1.82) is 0 Å². The Morgan fingerprint density at radius 2 is 1.95 bits per heavy atom. The van der Waals surface area contributed by atoms with Crippen LogP contribution in [0.15, 0.2) is 48.5 Å². The number of nitrogens with two attached hydrogens (primary N) is 1. The van der Waals surface area contributed by atoms with Crippen LogP contribution in [0, 0.1) is 0 Å². The maximum atomic E-state index is 6.02. The van der Waals surface area contributed by atoms with Crippen LogP contribution in [0.2, 0.25) is 0 Å². The summed E-state index contributed by atoms with van der Waals surface area (Å²) in [6.07, 6.45) is 2.07. The molecule has 104 valence electrons. The van der Waals surface area contributed by atoms with Crippen LogP contribution in [0.5, 0.6) is 5.75 Å². The highest BCUT2D eigenvalue weighted by atomic mass is 16.7. The predicted molar refractivity (Wildman–Crippen MR) is 78.4 cm³/mol. The molecule has 0 aliphatic heterocycles. The zero-order valence-electron chi connectivity index (χ0n) is 11.4. The summed E-state index contributed by atoms with van der Waals surface area (Å²) in [5.74, 6) is 0.853. The lowest BCUT2D eigenvalue weighted by molar-refractivity contribution is 0.00501. The highest BCUT2D eigenvalue weighted by molar-refractivity contribution is 5.40. The lowest BCUT2D eigenvalue weighted by Crippen LogP contribution is -2.05. The SMILES string of the molecule is N[C@H]1CCc2cc(OCOCc3ccccc3)ccc21. The van der Waals surface area contributed by atoms with Crippen molar-refractivity contribution in [3.8, 4) is 5.75 Å². The molecule has 0 bridgehead atoms. The second-order valence-corrected chi connectivity index (χ2v) is 5.10. The van der Waals surface area contributed by atoms with Gasteiger partial charge in [-0.25, -0.2) is 0 Å². The highest BCUT2D eigenvalue weighted by Gasteiger charge is 2.18.